The number of benzene rings is 1. The van der Waals surface area contributed by atoms with E-state index < -0.39 is 10.6 Å². The molecule has 1 heterocycles. The molecule has 1 aromatic carbocycles. The number of aromatic nitrogens is 2. The summed E-state index contributed by atoms with van der Waals surface area (Å²) in [7, 11) is 0. The molecule has 0 radical (unpaired) electrons. The van der Waals surface area contributed by atoms with Gasteiger partial charge >= 0.3 is 23.2 Å². The summed E-state index contributed by atoms with van der Waals surface area (Å²) in [6.07, 6.45) is 3.44. The van der Waals surface area contributed by atoms with Crippen molar-refractivity contribution in [3.63, 3.8) is 0 Å². The number of nitrogens with one attached hydrogen (secondary N) is 1. The molecule has 2 rings (SSSR count). The van der Waals surface area contributed by atoms with Crippen molar-refractivity contribution in [2.45, 2.75) is 6.92 Å². The Balaban J connectivity index is 0.00000312. The minimum Gasteiger partial charge on any atom is -1.00 e. The van der Waals surface area contributed by atoms with E-state index in [0.29, 0.717) is 5.82 Å². The SMILES string of the molecule is CCOc1[nH+]c(/C=C/c2ccccc2)nc(N=C(N)N)c1[N+](=O)[O-].[Cl-]. The zero-order chi connectivity index (χ0) is 17.5. The Labute approximate surface area is 150 Å². The number of guanidine groups is 1. The first-order chi connectivity index (χ1) is 11.5. The largest absolute Gasteiger partial charge is 1.00 e. The number of hydrogen-bond acceptors (Lipinski definition) is 5. The van der Waals surface area contributed by atoms with E-state index in [1.54, 1.807) is 19.1 Å². The quantitative estimate of drug-likeness (QED) is 0.270. The molecule has 0 spiro atoms. The lowest BCUT2D eigenvalue weighted by atomic mass is 10.2. The standard InChI is InChI=1S/C15H16N6O3.ClH/c1-2-24-14-12(21(22)23)13(20-15(16)17)18-11(19-14)9-8-10-6-4-3-5-7-10;/h3-9H,2H2,1H3,(H4,16,17,18,19,20);1H/b9-8+;. The number of halogens is 1. The molecule has 9 nitrogen and oxygen atoms in total. The molecule has 0 atom stereocenters. The summed E-state index contributed by atoms with van der Waals surface area (Å²) >= 11 is 0. The van der Waals surface area contributed by atoms with Gasteiger partial charge in [-0.15, -0.1) is 0 Å². The van der Waals surface area contributed by atoms with Gasteiger partial charge in [0, 0.05) is 6.08 Å². The predicted octanol–water partition coefficient (Wildman–Crippen LogP) is -1.72. The van der Waals surface area contributed by atoms with Gasteiger partial charge in [-0.2, -0.15) is 4.99 Å². The molecular weight excluding hydrogens is 348 g/mol. The van der Waals surface area contributed by atoms with E-state index in [1.807, 2.05) is 30.3 Å². The van der Waals surface area contributed by atoms with E-state index in [0.717, 1.165) is 5.56 Å². The highest BCUT2D eigenvalue weighted by molar-refractivity contribution is 5.80. The molecule has 0 saturated carbocycles. The fourth-order valence-electron chi connectivity index (χ4n) is 1.90. The molecule has 1 aromatic heterocycles. The topological polar surface area (TPSA) is 144 Å². The van der Waals surface area contributed by atoms with Crippen LogP contribution in [0.3, 0.4) is 0 Å². The molecule has 0 saturated heterocycles. The highest BCUT2D eigenvalue weighted by atomic mass is 35.5. The van der Waals surface area contributed by atoms with Crippen LogP contribution in [0, 0.1) is 10.1 Å². The van der Waals surface area contributed by atoms with Gasteiger partial charge < -0.3 is 28.6 Å². The number of H-pyrrole nitrogens is 1. The van der Waals surface area contributed by atoms with Crippen molar-refractivity contribution < 1.29 is 27.1 Å². The van der Waals surface area contributed by atoms with Crippen molar-refractivity contribution in [2.75, 3.05) is 6.61 Å². The minimum atomic E-state index is -0.652. The smallest absolute Gasteiger partial charge is 0.423 e. The highest BCUT2D eigenvalue weighted by Gasteiger charge is 2.32. The molecule has 25 heavy (non-hydrogen) atoms. The maximum Gasteiger partial charge on any atom is 0.423 e. The Bertz CT molecular complexity index is 791. The third-order valence-corrected chi connectivity index (χ3v) is 2.83. The molecule has 0 fully saturated rings. The zero-order valence-electron chi connectivity index (χ0n) is 13.3. The number of aromatic amines is 1. The van der Waals surface area contributed by atoms with E-state index in [-0.39, 0.29) is 36.7 Å². The maximum absolute atomic E-state index is 11.3. The van der Waals surface area contributed by atoms with Gasteiger partial charge in [-0.05, 0) is 23.5 Å². The normalized spacial score (nSPS) is 10.1. The van der Waals surface area contributed by atoms with E-state index >= 15 is 0 Å². The number of ether oxygens (including phenoxy) is 1. The first-order valence-electron chi connectivity index (χ1n) is 7.08. The van der Waals surface area contributed by atoms with Crippen LogP contribution in [0.25, 0.3) is 12.2 Å². The minimum absolute atomic E-state index is 0. The summed E-state index contributed by atoms with van der Waals surface area (Å²) < 4.78 is 5.29. The second-order valence-corrected chi connectivity index (χ2v) is 4.59. The first kappa shape index (κ1) is 19.8. The van der Waals surface area contributed by atoms with Crippen LogP contribution in [-0.4, -0.2) is 22.5 Å². The molecule has 0 unspecified atom stereocenters. The van der Waals surface area contributed by atoms with E-state index in [2.05, 4.69) is 15.0 Å². The fraction of sp³-hybridized carbons (Fsp3) is 0.133. The van der Waals surface area contributed by atoms with Crippen molar-refractivity contribution in [3.05, 3.63) is 51.8 Å². The van der Waals surface area contributed by atoms with Crippen LogP contribution in [0.15, 0.2) is 35.3 Å². The second kappa shape index (κ2) is 9.18. The molecule has 0 bridgehead atoms. The Morgan fingerprint density at radius 1 is 1.36 bits per heavy atom. The van der Waals surface area contributed by atoms with Gasteiger partial charge in [0.25, 0.3) is 0 Å². The van der Waals surface area contributed by atoms with E-state index in [4.69, 9.17) is 16.2 Å². The predicted molar refractivity (Wildman–Crippen MR) is 89.5 cm³/mol. The average Bonchev–Trinajstić information content (AvgIpc) is 2.53. The maximum atomic E-state index is 11.3. The Kier molecular flexibility index (Phi) is 7.29. The Morgan fingerprint density at radius 2 is 2.04 bits per heavy atom. The average molecular weight is 365 g/mol. The number of rotatable bonds is 6. The molecule has 0 aliphatic carbocycles. The van der Waals surface area contributed by atoms with Crippen LogP contribution in [0.4, 0.5) is 11.5 Å². The van der Waals surface area contributed by atoms with Gasteiger partial charge in [-0.25, -0.2) is 4.98 Å². The summed E-state index contributed by atoms with van der Waals surface area (Å²) in [5.41, 5.74) is 11.2. The second-order valence-electron chi connectivity index (χ2n) is 4.59. The summed E-state index contributed by atoms with van der Waals surface area (Å²) in [6, 6.07) is 9.49. The lowest BCUT2D eigenvalue weighted by molar-refractivity contribution is -0.434. The van der Waals surface area contributed by atoms with Crippen LogP contribution in [0.5, 0.6) is 5.88 Å². The van der Waals surface area contributed by atoms with Crippen LogP contribution < -0.4 is 33.6 Å². The fourth-order valence-corrected chi connectivity index (χ4v) is 1.90. The number of aliphatic imine (C=N–C) groups is 1. The summed E-state index contributed by atoms with van der Waals surface area (Å²) in [5, 5.41) is 11.3. The van der Waals surface area contributed by atoms with Crippen molar-refractivity contribution in [1.29, 1.82) is 0 Å². The van der Waals surface area contributed by atoms with Crippen molar-refractivity contribution in [3.8, 4) is 5.88 Å². The van der Waals surface area contributed by atoms with Crippen molar-refractivity contribution in [1.82, 2.24) is 4.98 Å². The summed E-state index contributed by atoms with van der Waals surface area (Å²) in [4.78, 5) is 21.2. The van der Waals surface area contributed by atoms with Crippen LogP contribution in [-0.2, 0) is 0 Å². The Morgan fingerprint density at radius 3 is 2.60 bits per heavy atom. The van der Waals surface area contributed by atoms with Gasteiger partial charge in [-0.1, -0.05) is 30.3 Å². The first-order valence-corrected chi connectivity index (χ1v) is 7.08. The van der Waals surface area contributed by atoms with Gasteiger partial charge in [-0.3, -0.25) is 10.1 Å². The summed E-state index contributed by atoms with van der Waals surface area (Å²) in [6.45, 7) is 1.93. The van der Waals surface area contributed by atoms with Crippen molar-refractivity contribution >= 4 is 29.6 Å². The van der Waals surface area contributed by atoms with Gasteiger partial charge in [0.1, 0.15) is 0 Å². The van der Waals surface area contributed by atoms with E-state index in [9.17, 15) is 10.1 Å². The third kappa shape index (κ3) is 5.43. The monoisotopic (exact) mass is 364 g/mol. The van der Waals surface area contributed by atoms with Crippen molar-refractivity contribution in [2.24, 2.45) is 16.5 Å². The molecule has 0 amide bonds. The molecule has 0 aliphatic rings. The Hall–Kier alpha value is -3.20. The number of nitrogens with zero attached hydrogens (tertiary/aromatic N) is 3. The molecular formula is C15H17ClN6O3. The van der Waals surface area contributed by atoms with Gasteiger partial charge in [0.15, 0.2) is 5.96 Å². The van der Waals surface area contributed by atoms with Crippen LogP contribution >= 0.6 is 0 Å². The number of nitro groups is 1. The molecule has 0 aliphatic heterocycles. The van der Waals surface area contributed by atoms with Crippen LogP contribution in [0.2, 0.25) is 0 Å². The molecule has 10 heteroatoms. The lowest BCUT2D eigenvalue weighted by Crippen LogP contribution is -3.00. The highest BCUT2D eigenvalue weighted by Crippen LogP contribution is 2.31. The molecule has 132 valence electrons. The van der Waals surface area contributed by atoms with Gasteiger partial charge in [0.2, 0.25) is 0 Å². The van der Waals surface area contributed by atoms with Gasteiger partial charge in [0.05, 0.1) is 11.5 Å². The van der Waals surface area contributed by atoms with Crippen LogP contribution in [0.1, 0.15) is 18.3 Å². The number of hydrogen-bond donors (Lipinski definition) is 2. The lowest BCUT2D eigenvalue weighted by Gasteiger charge is -2.01. The summed E-state index contributed by atoms with van der Waals surface area (Å²) in [5.74, 6) is -0.315. The third-order valence-electron chi connectivity index (χ3n) is 2.83. The zero-order valence-corrected chi connectivity index (χ0v) is 14.1. The van der Waals surface area contributed by atoms with E-state index in [1.165, 1.54) is 0 Å². The molecule has 5 N–H and O–H groups in total. The number of nitrogens with two attached hydrogens (primary N) is 2. The molecule has 2 aromatic rings.